The average molecular weight is 165 g/mol. The van der Waals surface area contributed by atoms with Crippen LogP contribution in [0.5, 0.6) is 0 Å². The Kier molecular flexibility index (Phi) is 2.08. The lowest BCUT2D eigenvalue weighted by Crippen LogP contribution is -2.43. The molecule has 0 amide bonds. The second kappa shape index (κ2) is 2.73. The normalized spacial score (nSPS) is 22.5. The summed E-state index contributed by atoms with van der Waals surface area (Å²) >= 11 is 0. The molecule has 0 bridgehead atoms. The van der Waals surface area contributed by atoms with Crippen molar-refractivity contribution in [3.63, 3.8) is 0 Å². The summed E-state index contributed by atoms with van der Waals surface area (Å²) in [5.74, 6) is -3.26. The standard InChI is InChI=1S/C6H9F2NO2/c7-6(8)1-4(2-6)11-5(10)3-9/h4H,1-3,9H2. The number of esters is 1. The van der Waals surface area contributed by atoms with Gasteiger partial charge in [-0.3, -0.25) is 4.79 Å². The summed E-state index contributed by atoms with van der Waals surface area (Å²) in [6.07, 6.45) is -1.35. The minimum atomic E-state index is -2.64. The van der Waals surface area contributed by atoms with Gasteiger partial charge in [-0.25, -0.2) is 8.78 Å². The Balaban J connectivity index is 2.19. The van der Waals surface area contributed by atoms with Gasteiger partial charge < -0.3 is 10.5 Å². The van der Waals surface area contributed by atoms with Crippen molar-refractivity contribution in [2.24, 2.45) is 5.73 Å². The lowest BCUT2D eigenvalue weighted by Gasteiger charge is -2.33. The molecule has 1 aliphatic rings. The second-order valence-corrected chi connectivity index (χ2v) is 2.58. The number of hydrogen-bond acceptors (Lipinski definition) is 3. The van der Waals surface area contributed by atoms with E-state index in [0.717, 1.165) is 0 Å². The molecular weight excluding hydrogens is 156 g/mol. The van der Waals surface area contributed by atoms with Crippen LogP contribution in [-0.2, 0) is 9.53 Å². The van der Waals surface area contributed by atoms with Gasteiger partial charge in [0, 0.05) is 12.8 Å². The quantitative estimate of drug-likeness (QED) is 0.598. The van der Waals surface area contributed by atoms with Crippen LogP contribution in [0.1, 0.15) is 12.8 Å². The fourth-order valence-corrected chi connectivity index (χ4v) is 0.924. The fraction of sp³-hybridized carbons (Fsp3) is 0.833. The molecule has 3 nitrogen and oxygen atoms in total. The number of rotatable bonds is 2. The maximum atomic E-state index is 12.1. The van der Waals surface area contributed by atoms with Gasteiger partial charge in [0.05, 0.1) is 6.54 Å². The molecule has 0 saturated heterocycles. The zero-order chi connectivity index (χ0) is 8.48. The lowest BCUT2D eigenvalue weighted by molar-refractivity contribution is -0.181. The number of carbonyl (C=O) groups excluding carboxylic acids is 1. The van der Waals surface area contributed by atoms with Crippen molar-refractivity contribution in [1.82, 2.24) is 0 Å². The van der Waals surface area contributed by atoms with Crippen molar-refractivity contribution < 1.29 is 18.3 Å². The number of hydrogen-bond donors (Lipinski definition) is 1. The minimum Gasteiger partial charge on any atom is -0.461 e. The highest BCUT2D eigenvalue weighted by Gasteiger charge is 2.47. The zero-order valence-electron chi connectivity index (χ0n) is 5.85. The Morgan fingerprint density at radius 3 is 2.55 bits per heavy atom. The van der Waals surface area contributed by atoms with Crippen LogP contribution in [0.4, 0.5) is 8.78 Å². The van der Waals surface area contributed by atoms with E-state index in [1.165, 1.54) is 0 Å². The molecule has 0 aromatic rings. The highest BCUT2D eigenvalue weighted by atomic mass is 19.3. The van der Waals surface area contributed by atoms with Crippen LogP contribution in [0.3, 0.4) is 0 Å². The summed E-state index contributed by atoms with van der Waals surface area (Å²) < 4.78 is 28.8. The van der Waals surface area contributed by atoms with E-state index in [4.69, 9.17) is 5.73 Å². The van der Waals surface area contributed by atoms with Crippen LogP contribution in [0.15, 0.2) is 0 Å². The van der Waals surface area contributed by atoms with Crippen LogP contribution in [0, 0.1) is 0 Å². The summed E-state index contributed by atoms with van der Waals surface area (Å²) in [5.41, 5.74) is 4.90. The van der Waals surface area contributed by atoms with E-state index in [1.54, 1.807) is 0 Å². The molecule has 2 N–H and O–H groups in total. The maximum Gasteiger partial charge on any atom is 0.319 e. The van der Waals surface area contributed by atoms with Gasteiger partial charge in [-0.05, 0) is 0 Å². The van der Waals surface area contributed by atoms with Crippen LogP contribution in [-0.4, -0.2) is 24.5 Å². The van der Waals surface area contributed by atoms with Gasteiger partial charge in [0.1, 0.15) is 6.10 Å². The van der Waals surface area contributed by atoms with Gasteiger partial charge >= 0.3 is 5.97 Å². The third kappa shape index (κ3) is 2.11. The van der Waals surface area contributed by atoms with Crippen molar-refractivity contribution >= 4 is 5.97 Å². The molecule has 0 aromatic heterocycles. The third-order valence-corrected chi connectivity index (χ3v) is 1.52. The third-order valence-electron chi connectivity index (χ3n) is 1.52. The van der Waals surface area contributed by atoms with Crippen molar-refractivity contribution in [3.05, 3.63) is 0 Å². The highest BCUT2D eigenvalue weighted by Crippen LogP contribution is 2.39. The number of alkyl halides is 2. The van der Waals surface area contributed by atoms with E-state index in [-0.39, 0.29) is 19.4 Å². The van der Waals surface area contributed by atoms with Crippen LogP contribution < -0.4 is 5.73 Å². The monoisotopic (exact) mass is 165 g/mol. The predicted molar refractivity (Wildman–Crippen MR) is 33.1 cm³/mol. The van der Waals surface area contributed by atoms with E-state index in [1.807, 2.05) is 0 Å². The maximum absolute atomic E-state index is 12.1. The van der Waals surface area contributed by atoms with Crippen molar-refractivity contribution in [1.29, 1.82) is 0 Å². The van der Waals surface area contributed by atoms with Crippen LogP contribution >= 0.6 is 0 Å². The van der Waals surface area contributed by atoms with Crippen LogP contribution in [0.2, 0.25) is 0 Å². The minimum absolute atomic E-state index is 0.248. The molecule has 64 valence electrons. The van der Waals surface area contributed by atoms with E-state index >= 15 is 0 Å². The molecule has 0 aliphatic heterocycles. The molecule has 0 heterocycles. The molecular formula is C6H9F2NO2. The molecule has 1 fully saturated rings. The van der Waals surface area contributed by atoms with E-state index in [0.29, 0.717) is 0 Å². The molecule has 1 saturated carbocycles. The number of halogens is 2. The molecule has 5 heteroatoms. The van der Waals surface area contributed by atoms with E-state index in [2.05, 4.69) is 4.74 Å². The Morgan fingerprint density at radius 1 is 1.64 bits per heavy atom. The number of carbonyl (C=O) groups is 1. The largest absolute Gasteiger partial charge is 0.461 e. The molecule has 0 spiro atoms. The SMILES string of the molecule is NCC(=O)OC1CC(F)(F)C1. The first kappa shape index (κ1) is 8.39. The topological polar surface area (TPSA) is 52.3 Å². The Bertz CT molecular complexity index is 164. The number of ether oxygens (including phenoxy) is 1. The van der Waals surface area contributed by atoms with E-state index in [9.17, 15) is 13.6 Å². The predicted octanol–water partition coefficient (Wildman–Crippen LogP) is 0.286. The van der Waals surface area contributed by atoms with Crippen molar-refractivity contribution in [2.75, 3.05) is 6.54 Å². The summed E-state index contributed by atoms with van der Waals surface area (Å²) in [4.78, 5) is 10.4. The Labute approximate surface area is 62.5 Å². The van der Waals surface area contributed by atoms with Crippen LogP contribution in [0.25, 0.3) is 0 Å². The second-order valence-electron chi connectivity index (χ2n) is 2.58. The number of nitrogens with two attached hydrogens (primary N) is 1. The Morgan fingerprint density at radius 2 is 2.18 bits per heavy atom. The molecule has 1 aliphatic carbocycles. The van der Waals surface area contributed by atoms with Gasteiger partial charge in [-0.2, -0.15) is 0 Å². The van der Waals surface area contributed by atoms with Gasteiger partial charge in [-0.1, -0.05) is 0 Å². The van der Waals surface area contributed by atoms with Gasteiger partial charge in [0.15, 0.2) is 0 Å². The molecule has 1 rings (SSSR count). The fourth-order valence-electron chi connectivity index (χ4n) is 0.924. The summed E-state index contributed by atoms with van der Waals surface area (Å²) in [6.45, 7) is -0.248. The van der Waals surface area contributed by atoms with Gasteiger partial charge in [0.25, 0.3) is 5.92 Å². The smallest absolute Gasteiger partial charge is 0.319 e. The molecule has 0 aromatic carbocycles. The average Bonchev–Trinajstić information content (AvgIpc) is 1.83. The van der Waals surface area contributed by atoms with E-state index < -0.39 is 18.0 Å². The van der Waals surface area contributed by atoms with Crippen molar-refractivity contribution in [3.8, 4) is 0 Å². The molecule has 0 unspecified atom stereocenters. The first-order valence-corrected chi connectivity index (χ1v) is 3.31. The molecule has 0 radical (unpaired) electrons. The summed E-state index contributed by atoms with van der Waals surface area (Å²) in [5, 5.41) is 0. The first-order valence-electron chi connectivity index (χ1n) is 3.31. The summed E-state index contributed by atoms with van der Waals surface area (Å²) in [6, 6.07) is 0. The Hall–Kier alpha value is -0.710. The molecule has 11 heavy (non-hydrogen) atoms. The first-order chi connectivity index (χ1) is 5.03. The molecule has 0 atom stereocenters. The summed E-state index contributed by atoms with van der Waals surface area (Å²) in [7, 11) is 0. The highest BCUT2D eigenvalue weighted by molar-refractivity contribution is 5.71. The zero-order valence-corrected chi connectivity index (χ0v) is 5.85. The van der Waals surface area contributed by atoms with Gasteiger partial charge in [-0.15, -0.1) is 0 Å². The van der Waals surface area contributed by atoms with Gasteiger partial charge in [0.2, 0.25) is 0 Å². The van der Waals surface area contributed by atoms with Crippen molar-refractivity contribution in [2.45, 2.75) is 24.9 Å². The lowest BCUT2D eigenvalue weighted by atomic mass is 9.91.